The molecule has 154 valence electrons. The Morgan fingerprint density at radius 2 is 1.13 bits per heavy atom. The zero-order valence-electron chi connectivity index (χ0n) is 16.1. The number of aromatic nitrogens is 2. The zero-order chi connectivity index (χ0) is 21.1. The summed E-state index contributed by atoms with van der Waals surface area (Å²) in [7, 11) is 2.63. The maximum atomic E-state index is 12.1. The molecule has 0 radical (unpaired) electrons. The lowest BCUT2D eigenvalue weighted by atomic mass is 10.1. The monoisotopic (exact) mass is 438 g/mol. The fourth-order valence-corrected chi connectivity index (χ4v) is 6.23. The zero-order valence-corrected chi connectivity index (χ0v) is 17.8. The Balaban J connectivity index is 1.47. The molecule has 0 bridgehead atoms. The van der Waals surface area contributed by atoms with Crippen LogP contribution in [-0.4, -0.2) is 32.3 Å². The number of nitrogens with one attached hydrogen (secondary N) is 2. The summed E-state index contributed by atoms with van der Waals surface area (Å²) in [4.78, 5) is 30.6. The molecule has 6 nitrogen and oxygen atoms in total. The molecule has 6 N–H and O–H groups in total. The Morgan fingerprint density at radius 1 is 0.733 bits per heavy atom. The molecule has 2 atom stereocenters. The van der Waals surface area contributed by atoms with Crippen LogP contribution in [0.1, 0.15) is 11.1 Å². The van der Waals surface area contributed by atoms with Gasteiger partial charge in [0.05, 0.1) is 10.5 Å². The number of H-pyrrole nitrogens is 2. The number of aromatic amines is 2. The summed E-state index contributed by atoms with van der Waals surface area (Å²) in [5, 5.41) is 1.19. The number of hydrogen-bond donors (Lipinski definition) is 4. The molecule has 0 saturated heterocycles. The molecule has 2 heterocycles. The summed E-state index contributed by atoms with van der Waals surface area (Å²) >= 11 is 0. The van der Waals surface area contributed by atoms with Gasteiger partial charge < -0.3 is 21.4 Å². The number of amides is 2. The van der Waals surface area contributed by atoms with E-state index in [0.29, 0.717) is 12.8 Å². The molecule has 0 aliphatic carbocycles. The molecule has 2 amide bonds. The average Bonchev–Trinajstić information content (AvgIpc) is 3.34. The molecule has 0 spiro atoms. The highest BCUT2D eigenvalue weighted by molar-refractivity contribution is 8.77. The van der Waals surface area contributed by atoms with Gasteiger partial charge in [0.1, 0.15) is 0 Å². The van der Waals surface area contributed by atoms with Gasteiger partial charge in [0.15, 0.2) is 0 Å². The van der Waals surface area contributed by atoms with Gasteiger partial charge in [0.2, 0.25) is 11.8 Å². The number of carbonyl (C=O) groups excluding carboxylic acids is 2. The molecule has 0 aliphatic rings. The molecule has 30 heavy (non-hydrogen) atoms. The fraction of sp³-hybridized carbons (Fsp3) is 0.182. The molecule has 0 saturated carbocycles. The Morgan fingerprint density at radius 3 is 1.53 bits per heavy atom. The first-order valence-electron chi connectivity index (χ1n) is 9.53. The van der Waals surface area contributed by atoms with Crippen LogP contribution in [0, 0.1) is 0 Å². The molecule has 0 aliphatic heterocycles. The topological polar surface area (TPSA) is 118 Å². The lowest BCUT2D eigenvalue weighted by Crippen LogP contribution is -2.30. The summed E-state index contributed by atoms with van der Waals surface area (Å²) in [6.07, 6.45) is 4.78. The van der Waals surface area contributed by atoms with Crippen LogP contribution in [0.2, 0.25) is 0 Å². The number of nitrogens with two attached hydrogens (primary N) is 2. The quantitative estimate of drug-likeness (QED) is 0.299. The van der Waals surface area contributed by atoms with E-state index in [9.17, 15) is 9.59 Å². The van der Waals surface area contributed by atoms with Crippen LogP contribution in [0.4, 0.5) is 0 Å². The van der Waals surface area contributed by atoms with E-state index in [1.165, 1.54) is 21.6 Å². The largest absolute Gasteiger partial charge is 0.369 e. The van der Waals surface area contributed by atoms with Crippen LogP contribution in [0.15, 0.2) is 60.9 Å². The minimum Gasteiger partial charge on any atom is -0.369 e. The smallest absolute Gasteiger partial charge is 0.231 e. The fourth-order valence-electron chi connectivity index (χ4n) is 3.50. The van der Waals surface area contributed by atoms with Crippen LogP contribution in [0.3, 0.4) is 0 Å². The molecule has 2 aromatic carbocycles. The van der Waals surface area contributed by atoms with E-state index in [0.717, 1.165) is 32.9 Å². The van der Waals surface area contributed by atoms with Gasteiger partial charge in [-0.05, 0) is 36.1 Å². The summed E-state index contributed by atoms with van der Waals surface area (Å²) in [5.74, 6) is -0.818. The molecule has 2 unspecified atom stereocenters. The molecule has 4 rings (SSSR count). The standard InChI is InChI=1S/C22H22N4O2S2/c23-21(27)19(9-13-11-25-17-7-3-1-5-15(13)17)29-30-20(22(24)28)10-14-12-26-18-8-4-2-6-16(14)18/h1-8,11-12,19-20,25-26H,9-10H2,(H2,23,27)(H2,24,28). The highest BCUT2D eigenvalue weighted by Gasteiger charge is 2.25. The van der Waals surface area contributed by atoms with Crippen molar-refractivity contribution in [2.75, 3.05) is 0 Å². The summed E-state index contributed by atoms with van der Waals surface area (Å²) in [6.45, 7) is 0. The van der Waals surface area contributed by atoms with Crippen molar-refractivity contribution in [1.29, 1.82) is 0 Å². The first-order valence-corrected chi connectivity index (χ1v) is 11.8. The van der Waals surface area contributed by atoms with Crippen LogP contribution in [0.25, 0.3) is 21.8 Å². The number of rotatable bonds is 9. The first-order chi connectivity index (χ1) is 14.5. The lowest BCUT2D eigenvalue weighted by molar-refractivity contribution is -0.118. The van der Waals surface area contributed by atoms with Crippen molar-refractivity contribution in [3.8, 4) is 0 Å². The second kappa shape index (κ2) is 8.89. The molecular weight excluding hydrogens is 416 g/mol. The third kappa shape index (κ3) is 4.34. The van der Waals surface area contributed by atoms with Crippen molar-refractivity contribution >= 4 is 55.2 Å². The normalized spacial score (nSPS) is 13.5. The second-order valence-corrected chi connectivity index (χ2v) is 9.78. The Hall–Kier alpha value is -2.84. The van der Waals surface area contributed by atoms with E-state index in [1.54, 1.807) is 0 Å². The number of carbonyl (C=O) groups is 2. The van der Waals surface area contributed by atoms with Crippen LogP contribution >= 0.6 is 21.6 Å². The van der Waals surface area contributed by atoms with E-state index in [2.05, 4.69) is 9.97 Å². The number of fused-ring (bicyclic) bond motifs is 2. The Bertz CT molecular complexity index is 1110. The van der Waals surface area contributed by atoms with E-state index in [4.69, 9.17) is 11.5 Å². The average molecular weight is 439 g/mol. The third-order valence-electron chi connectivity index (χ3n) is 5.08. The summed E-state index contributed by atoms with van der Waals surface area (Å²) in [5.41, 5.74) is 15.4. The Labute approximate surface area is 181 Å². The van der Waals surface area contributed by atoms with Crippen molar-refractivity contribution in [3.63, 3.8) is 0 Å². The lowest BCUT2D eigenvalue weighted by Gasteiger charge is -2.16. The molecule has 2 aromatic heterocycles. The minimum atomic E-state index is -0.473. The molecule has 8 heteroatoms. The van der Waals surface area contributed by atoms with Gasteiger partial charge >= 0.3 is 0 Å². The van der Waals surface area contributed by atoms with Gasteiger partial charge in [-0.15, -0.1) is 0 Å². The van der Waals surface area contributed by atoms with E-state index in [1.807, 2.05) is 60.9 Å². The third-order valence-corrected chi connectivity index (χ3v) is 8.18. The highest BCUT2D eigenvalue weighted by Crippen LogP contribution is 2.36. The van der Waals surface area contributed by atoms with Gasteiger partial charge in [-0.1, -0.05) is 58.0 Å². The summed E-state index contributed by atoms with van der Waals surface area (Å²) in [6, 6.07) is 15.9. The maximum Gasteiger partial charge on any atom is 0.231 e. The predicted octanol–water partition coefficient (Wildman–Crippen LogP) is 3.52. The molecule has 4 aromatic rings. The van der Waals surface area contributed by atoms with Gasteiger partial charge in [-0.25, -0.2) is 0 Å². The number of para-hydroxylation sites is 2. The van der Waals surface area contributed by atoms with Crippen molar-refractivity contribution in [3.05, 3.63) is 72.1 Å². The van der Waals surface area contributed by atoms with Gasteiger partial charge in [0.25, 0.3) is 0 Å². The number of primary amides is 2. The van der Waals surface area contributed by atoms with Gasteiger partial charge in [-0.2, -0.15) is 0 Å². The van der Waals surface area contributed by atoms with Gasteiger partial charge in [-0.3, -0.25) is 9.59 Å². The SMILES string of the molecule is NC(=O)C(Cc1c[nH]c2ccccc12)SSC(Cc1c[nH]c2ccccc12)C(N)=O. The van der Waals surface area contributed by atoms with E-state index in [-0.39, 0.29) is 0 Å². The maximum absolute atomic E-state index is 12.1. The predicted molar refractivity (Wildman–Crippen MR) is 125 cm³/mol. The van der Waals surface area contributed by atoms with Crippen molar-refractivity contribution < 1.29 is 9.59 Å². The molecule has 0 fully saturated rings. The minimum absolute atomic E-state index is 0.409. The summed E-state index contributed by atoms with van der Waals surface area (Å²) < 4.78 is 0. The van der Waals surface area contributed by atoms with Crippen LogP contribution in [0.5, 0.6) is 0 Å². The van der Waals surface area contributed by atoms with Crippen molar-refractivity contribution in [1.82, 2.24) is 9.97 Å². The first kappa shape index (κ1) is 20.4. The van der Waals surface area contributed by atoms with Crippen molar-refractivity contribution in [2.45, 2.75) is 23.3 Å². The van der Waals surface area contributed by atoms with Gasteiger partial charge in [0, 0.05) is 34.2 Å². The van der Waals surface area contributed by atoms with E-state index < -0.39 is 22.3 Å². The number of benzene rings is 2. The van der Waals surface area contributed by atoms with Crippen LogP contribution in [-0.2, 0) is 22.4 Å². The Kier molecular flexibility index (Phi) is 6.06. The molecular formula is C22H22N4O2S2. The van der Waals surface area contributed by atoms with Crippen LogP contribution < -0.4 is 11.5 Å². The number of hydrogen-bond acceptors (Lipinski definition) is 4. The second-order valence-electron chi connectivity index (χ2n) is 7.10. The highest BCUT2D eigenvalue weighted by atomic mass is 33.1. The van der Waals surface area contributed by atoms with E-state index >= 15 is 0 Å². The van der Waals surface area contributed by atoms with Crippen molar-refractivity contribution in [2.24, 2.45) is 11.5 Å².